The van der Waals surface area contributed by atoms with Gasteiger partial charge in [-0.3, -0.25) is 13.9 Å². The van der Waals surface area contributed by atoms with Crippen molar-refractivity contribution in [3.63, 3.8) is 0 Å². The number of sulfonamides is 1. The van der Waals surface area contributed by atoms with Crippen LogP contribution in [0.4, 0.5) is 5.69 Å². The number of hydrogen-bond acceptors (Lipinski definition) is 4. The van der Waals surface area contributed by atoms with E-state index in [1.54, 1.807) is 43.3 Å². The summed E-state index contributed by atoms with van der Waals surface area (Å²) < 4.78 is 26.4. The molecule has 11 heteroatoms. The highest BCUT2D eigenvalue weighted by Gasteiger charge is 2.30. The van der Waals surface area contributed by atoms with Crippen LogP contribution in [0.2, 0.25) is 15.1 Å². The molecule has 1 N–H and O–H groups in total. The number of amides is 2. The van der Waals surface area contributed by atoms with Crippen molar-refractivity contribution in [2.24, 2.45) is 0 Å². The first-order chi connectivity index (χ1) is 17.9. The third-order valence-electron chi connectivity index (χ3n) is 6.20. The van der Waals surface area contributed by atoms with E-state index in [1.165, 1.54) is 9.21 Å². The van der Waals surface area contributed by atoms with Crippen LogP contribution in [0.3, 0.4) is 0 Å². The molecule has 0 saturated carbocycles. The van der Waals surface area contributed by atoms with Crippen LogP contribution in [-0.4, -0.2) is 50.5 Å². The first kappa shape index (κ1) is 32.2. The quantitative estimate of drug-likeness (QED) is 0.259. The second-order valence-electron chi connectivity index (χ2n) is 9.16. The van der Waals surface area contributed by atoms with Gasteiger partial charge in [-0.25, -0.2) is 8.42 Å². The average Bonchev–Trinajstić information content (AvgIpc) is 2.84. The highest BCUT2D eigenvalue weighted by Crippen LogP contribution is 2.29. The summed E-state index contributed by atoms with van der Waals surface area (Å²) in [6, 6.07) is 9.40. The number of hydrogen-bond donors (Lipinski definition) is 1. The van der Waals surface area contributed by atoms with Gasteiger partial charge in [0.05, 0.1) is 11.9 Å². The van der Waals surface area contributed by atoms with E-state index < -0.39 is 16.1 Å². The molecule has 7 nitrogen and oxygen atoms in total. The number of nitrogens with zero attached hydrogens (tertiary/aromatic N) is 2. The van der Waals surface area contributed by atoms with Gasteiger partial charge in [0.15, 0.2) is 0 Å². The van der Waals surface area contributed by atoms with E-state index in [0.29, 0.717) is 39.3 Å². The van der Waals surface area contributed by atoms with Crippen LogP contribution >= 0.6 is 34.8 Å². The van der Waals surface area contributed by atoms with Crippen molar-refractivity contribution in [1.82, 2.24) is 10.2 Å². The number of unbranched alkanes of at least 4 members (excludes halogenated alkanes) is 1. The van der Waals surface area contributed by atoms with Crippen LogP contribution in [0, 0.1) is 6.92 Å². The molecule has 0 aliphatic carbocycles. The predicted molar refractivity (Wildman–Crippen MR) is 157 cm³/mol. The number of aryl methyl sites for hydroxylation is 1. The number of carbonyl (C=O) groups excluding carboxylic acids is 2. The third kappa shape index (κ3) is 9.04. The molecular formula is C27H36Cl3N3O4S. The first-order valence-electron chi connectivity index (χ1n) is 12.6. The molecule has 1 atom stereocenters. The maximum absolute atomic E-state index is 13.6. The predicted octanol–water partition coefficient (Wildman–Crippen LogP) is 6.23. The van der Waals surface area contributed by atoms with Gasteiger partial charge in [-0.1, -0.05) is 67.2 Å². The maximum Gasteiger partial charge on any atom is 0.242 e. The normalized spacial score (nSPS) is 12.2. The Morgan fingerprint density at radius 2 is 1.68 bits per heavy atom. The number of halogens is 3. The molecule has 0 fully saturated rings. The van der Waals surface area contributed by atoms with Crippen LogP contribution in [0.15, 0.2) is 36.4 Å². The monoisotopic (exact) mass is 603 g/mol. The van der Waals surface area contributed by atoms with Gasteiger partial charge in [-0.2, -0.15) is 0 Å². The molecule has 2 aromatic rings. The summed E-state index contributed by atoms with van der Waals surface area (Å²) in [5.41, 5.74) is 1.76. The minimum atomic E-state index is -3.63. The molecular weight excluding hydrogens is 569 g/mol. The summed E-state index contributed by atoms with van der Waals surface area (Å²) in [4.78, 5) is 28.1. The summed E-state index contributed by atoms with van der Waals surface area (Å²) in [5.74, 6) is -0.542. The largest absolute Gasteiger partial charge is 0.354 e. The second kappa shape index (κ2) is 15.0. The lowest BCUT2D eigenvalue weighted by molar-refractivity contribution is -0.141. The fraction of sp³-hybridized carbons (Fsp3) is 0.481. The van der Waals surface area contributed by atoms with Gasteiger partial charge < -0.3 is 10.2 Å². The average molecular weight is 605 g/mol. The standard InChI is InChI=1S/C27H36Cl3N3O4S/c1-5-7-15-31-27(35)24(6-2)32(18-21-22(29)10-8-11-23(21)30)26(34)12-9-16-33(38(4,36)37)25-17-20(28)14-13-19(25)3/h8,10-11,13-14,17,24H,5-7,9,12,15-16,18H2,1-4H3,(H,31,35). The smallest absolute Gasteiger partial charge is 0.242 e. The van der Waals surface area contributed by atoms with Gasteiger partial charge in [0.25, 0.3) is 0 Å². The zero-order chi connectivity index (χ0) is 28.5. The van der Waals surface area contributed by atoms with Crippen molar-refractivity contribution in [2.75, 3.05) is 23.7 Å². The second-order valence-corrected chi connectivity index (χ2v) is 12.3. The fourth-order valence-electron chi connectivity index (χ4n) is 4.11. The summed E-state index contributed by atoms with van der Waals surface area (Å²) in [7, 11) is -3.63. The van der Waals surface area contributed by atoms with Crippen LogP contribution in [0.25, 0.3) is 0 Å². The Bertz CT molecular complexity index is 1200. The zero-order valence-corrected chi connectivity index (χ0v) is 25.4. The molecule has 0 spiro atoms. The minimum Gasteiger partial charge on any atom is -0.354 e. The zero-order valence-electron chi connectivity index (χ0n) is 22.3. The molecule has 2 aromatic carbocycles. The summed E-state index contributed by atoms with van der Waals surface area (Å²) >= 11 is 18.9. The number of rotatable bonds is 14. The molecule has 0 aliphatic rings. The van der Waals surface area contributed by atoms with Crippen LogP contribution in [0.5, 0.6) is 0 Å². The van der Waals surface area contributed by atoms with Crippen molar-refractivity contribution >= 4 is 62.3 Å². The molecule has 0 aromatic heterocycles. The molecule has 38 heavy (non-hydrogen) atoms. The van der Waals surface area contributed by atoms with E-state index in [4.69, 9.17) is 34.8 Å². The minimum absolute atomic E-state index is 0.0203. The van der Waals surface area contributed by atoms with E-state index in [9.17, 15) is 18.0 Å². The lowest BCUT2D eigenvalue weighted by atomic mass is 10.1. The molecule has 0 radical (unpaired) electrons. The number of anilines is 1. The fourth-order valence-corrected chi connectivity index (χ4v) is 5.81. The van der Waals surface area contributed by atoms with E-state index >= 15 is 0 Å². The van der Waals surface area contributed by atoms with Gasteiger partial charge in [-0.15, -0.1) is 0 Å². The van der Waals surface area contributed by atoms with Gasteiger partial charge >= 0.3 is 0 Å². The van der Waals surface area contributed by atoms with Crippen molar-refractivity contribution in [1.29, 1.82) is 0 Å². The lowest BCUT2D eigenvalue weighted by Gasteiger charge is -2.31. The molecule has 1 unspecified atom stereocenters. The van der Waals surface area contributed by atoms with E-state index in [1.807, 2.05) is 13.8 Å². The van der Waals surface area contributed by atoms with Crippen molar-refractivity contribution in [3.8, 4) is 0 Å². The molecule has 0 heterocycles. The van der Waals surface area contributed by atoms with Crippen molar-refractivity contribution in [2.45, 2.75) is 65.5 Å². The Labute approximate surface area is 241 Å². The van der Waals surface area contributed by atoms with Crippen molar-refractivity contribution in [3.05, 3.63) is 62.6 Å². The molecule has 0 saturated heterocycles. The Balaban J connectivity index is 2.29. The Hall–Kier alpha value is -2.00. The molecule has 2 amide bonds. The van der Waals surface area contributed by atoms with Gasteiger partial charge in [0.2, 0.25) is 21.8 Å². The summed E-state index contributed by atoms with van der Waals surface area (Å²) in [6.45, 7) is 6.32. The Kier molecular flexibility index (Phi) is 12.7. The summed E-state index contributed by atoms with van der Waals surface area (Å²) in [6.07, 6.45) is 3.52. The highest BCUT2D eigenvalue weighted by molar-refractivity contribution is 7.92. The maximum atomic E-state index is 13.6. The van der Waals surface area contributed by atoms with E-state index in [2.05, 4.69) is 5.32 Å². The highest BCUT2D eigenvalue weighted by atomic mass is 35.5. The van der Waals surface area contributed by atoms with Crippen molar-refractivity contribution < 1.29 is 18.0 Å². The number of nitrogens with one attached hydrogen (secondary N) is 1. The van der Waals surface area contributed by atoms with Gasteiger partial charge in [0, 0.05) is 46.7 Å². The molecule has 0 bridgehead atoms. The third-order valence-corrected chi connectivity index (χ3v) is 8.32. The molecule has 0 aliphatic heterocycles. The van der Waals surface area contributed by atoms with Crippen LogP contribution < -0.4 is 9.62 Å². The number of benzene rings is 2. The lowest BCUT2D eigenvalue weighted by Crippen LogP contribution is -2.49. The SMILES string of the molecule is CCCCNC(=O)C(CC)N(Cc1c(Cl)cccc1Cl)C(=O)CCCN(c1cc(Cl)ccc1C)S(C)(=O)=O. The number of carbonyl (C=O) groups is 2. The van der Waals surface area contributed by atoms with E-state index in [-0.39, 0.29) is 37.7 Å². The first-order valence-corrected chi connectivity index (χ1v) is 15.6. The van der Waals surface area contributed by atoms with Gasteiger partial charge in [0.1, 0.15) is 6.04 Å². The van der Waals surface area contributed by atoms with E-state index in [0.717, 1.165) is 24.7 Å². The van der Waals surface area contributed by atoms with Gasteiger partial charge in [-0.05, 0) is 56.0 Å². The van der Waals surface area contributed by atoms with Crippen LogP contribution in [0.1, 0.15) is 57.1 Å². The van der Waals surface area contributed by atoms with Crippen LogP contribution in [-0.2, 0) is 26.2 Å². The Morgan fingerprint density at radius 3 is 2.26 bits per heavy atom. The molecule has 2 rings (SSSR count). The Morgan fingerprint density at radius 1 is 1.03 bits per heavy atom. The topological polar surface area (TPSA) is 86.8 Å². The molecule has 210 valence electrons. The summed E-state index contributed by atoms with van der Waals surface area (Å²) in [5, 5.41) is 4.13.